The summed E-state index contributed by atoms with van der Waals surface area (Å²) < 4.78 is 7.01. The van der Waals surface area contributed by atoms with E-state index in [4.69, 9.17) is 4.43 Å². The summed E-state index contributed by atoms with van der Waals surface area (Å²) in [6.45, 7) is 18.6. The molecule has 0 radical (unpaired) electrons. The SMILES string of the molecule is C=C1CC[C@H](O[Si](C(C)C)(C(C)C)C(C)C)C=C[C@@H]1CCc1ccccc1. The highest BCUT2D eigenvalue weighted by Crippen LogP contribution is 2.44. The molecule has 2 rings (SSSR count). The summed E-state index contributed by atoms with van der Waals surface area (Å²) >= 11 is 0. The number of aryl methyl sites for hydroxylation is 1. The van der Waals surface area contributed by atoms with Crippen LogP contribution in [0.3, 0.4) is 0 Å². The minimum atomic E-state index is -1.83. The normalized spacial score (nSPS) is 21.3. The Morgan fingerprint density at radius 3 is 2.11 bits per heavy atom. The van der Waals surface area contributed by atoms with E-state index in [-0.39, 0.29) is 6.10 Å². The van der Waals surface area contributed by atoms with E-state index < -0.39 is 8.32 Å². The average molecular weight is 385 g/mol. The van der Waals surface area contributed by atoms with E-state index in [1.807, 2.05) is 0 Å². The van der Waals surface area contributed by atoms with Gasteiger partial charge < -0.3 is 4.43 Å². The molecule has 0 aliphatic heterocycles. The molecule has 1 aliphatic carbocycles. The van der Waals surface area contributed by atoms with E-state index in [9.17, 15) is 0 Å². The molecular weight excluding hydrogens is 344 g/mol. The number of hydrogen-bond acceptors (Lipinski definition) is 1. The Morgan fingerprint density at radius 2 is 1.56 bits per heavy atom. The van der Waals surface area contributed by atoms with Crippen LogP contribution in [0.4, 0.5) is 0 Å². The molecule has 2 atom stereocenters. The van der Waals surface area contributed by atoms with Gasteiger partial charge in [0.2, 0.25) is 8.32 Å². The van der Waals surface area contributed by atoms with Crippen molar-refractivity contribution in [3.8, 4) is 0 Å². The fourth-order valence-electron chi connectivity index (χ4n) is 5.04. The fraction of sp³-hybridized carbons (Fsp3) is 0.600. The summed E-state index contributed by atoms with van der Waals surface area (Å²) in [6, 6.07) is 10.8. The third-order valence-electron chi connectivity index (χ3n) is 6.48. The van der Waals surface area contributed by atoms with Crippen molar-refractivity contribution in [3.05, 3.63) is 60.2 Å². The molecule has 0 saturated carbocycles. The van der Waals surface area contributed by atoms with Gasteiger partial charge >= 0.3 is 0 Å². The minimum absolute atomic E-state index is 0.252. The van der Waals surface area contributed by atoms with E-state index >= 15 is 0 Å². The maximum atomic E-state index is 7.01. The maximum Gasteiger partial charge on any atom is 0.201 e. The number of benzene rings is 1. The van der Waals surface area contributed by atoms with Crippen molar-refractivity contribution in [2.24, 2.45) is 5.92 Å². The van der Waals surface area contributed by atoms with Crippen LogP contribution in [0.15, 0.2) is 54.6 Å². The standard InChI is InChI=1S/C25H40OSi/c1-19(2)27(20(3)4,21(5)6)26-25-17-13-22(7)24(16-18-25)15-14-23-11-9-8-10-12-23/h8-12,16,18-21,24-25H,7,13-15,17H2,1-6H3/t24-,25-/m0/s1. The summed E-state index contributed by atoms with van der Waals surface area (Å²) in [5, 5.41) is 0. The molecule has 0 heterocycles. The van der Waals surface area contributed by atoms with Gasteiger partial charge in [-0.3, -0.25) is 0 Å². The monoisotopic (exact) mass is 384 g/mol. The van der Waals surface area contributed by atoms with E-state index in [1.165, 1.54) is 11.1 Å². The summed E-state index contributed by atoms with van der Waals surface area (Å²) in [4.78, 5) is 0. The molecule has 0 unspecified atom stereocenters. The van der Waals surface area contributed by atoms with Crippen molar-refractivity contribution in [2.75, 3.05) is 0 Å². The van der Waals surface area contributed by atoms with Gasteiger partial charge in [-0.05, 0) is 53.8 Å². The van der Waals surface area contributed by atoms with Crippen molar-refractivity contribution in [1.82, 2.24) is 0 Å². The highest BCUT2D eigenvalue weighted by molar-refractivity contribution is 6.77. The quantitative estimate of drug-likeness (QED) is 0.329. The molecule has 0 N–H and O–H groups in total. The Bertz CT molecular complexity index is 593. The molecule has 2 heteroatoms. The third-order valence-corrected chi connectivity index (χ3v) is 12.6. The predicted molar refractivity (Wildman–Crippen MR) is 122 cm³/mol. The van der Waals surface area contributed by atoms with Crippen molar-refractivity contribution in [1.29, 1.82) is 0 Å². The van der Waals surface area contributed by atoms with Gasteiger partial charge in [0, 0.05) is 0 Å². The Labute approximate surface area is 169 Å². The van der Waals surface area contributed by atoms with Gasteiger partial charge in [0.15, 0.2) is 0 Å². The lowest BCUT2D eigenvalue weighted by atomic mass is 9.92. The van der Waals surface area contributed by atoms with E-state index in [0.29, 0.717) is 22.5 Å². The second-order valence-electron chi connectivity index (χ2n) is 9.19. The molecule has 1 aromatic carbocycles. The number of hydrogen-bond donors (Lipinski definition) is 0. The average Bonchev–Trinajstić information content (AvgIpc) is 2.79. The Hall–Kier alpha value is -1.12. The van der Waals surface area contributed by atoms with Gasteiger partial charge in [-0.15, -0.1) is 0 Å². The maximum absolute atomic E-state index is 7.01. The minimum Gasteiger partial charge on any atom is -0.410 e. The second-order valence-corrected chi connectivity index (χ2v) is 14.6. The van der Waals surface area contributed by atoms with Crippen molar-refractivity contribution >= 4 is 8.32 Å². The van der Waals surface area contributed by atoms with Crippen LogP contribution in [-0.2, 0) is 10.8 Å². The molecular formula is C25H40OSi. The first kappa shape index (κ1) is 22.2. The smallest absolute Gasteiger partial charge is 0.201 e. The van der Waals surface area contributed by atoms with Crippen molar-refractivity contribution in [2.45, 2.75) is 90.0 Å². The molecule has 0 saturated heterocycles. The molecule has 0 aromatic heterocycles. The van der Waals surface area contributed by atoms with E-state index in [2.05, 4.69) is 90.6 Å². The van der Waals surface area contributed by atoms with Crippen LogP contribution in [0.25, 0.3) is 0 Å². The number of allylic oxidation sites excluding steroid dienone is 2. The van der Waals surface area contributed by atoms with Crippen LogP contribution in [0.1, 0.15) is 66.4 Å². The van der Waals surface area contributed by atoms with Gasteiger partial charge in [-0.2, -0.15) is 0 Å². The van der Waals surface area contributed by atoms with Crippen LogP contribution in [0, 0.1) is 5.92 Å². The first-order valence-corrected chi connectivity index (χ1v) is 13.0. The van der Waals surface area contributed by atoms with Crippen LogP contribution < -0.4 is 0 Å². The molecule has 0 spiro atoms. The van der Waals surface area contributed by atoms with Crippen LogP contribution in [-0.4, -0.2) is 14.4 Å². The fourth-order valence-corrected chi connectivity index (χ4v) is 10.6. The lowest BCUT2D eigenvalue weighted by molar-refractivity contribution is 0.208. The Morgan fingerprint density at radius 1 is 0.963 bits per heavy atom. The van der Waals surface area contributed by atoms with Crippen molar-refractivity contribution < 1.29 is 4.43 Å². The van der Waals surface area contributed by atoms with Crippen molar-refractivity contribution in [3.63, 3.8) is 0 Å². The zero-order chi connectivity index (χ0) is 20.0. The lowest BCUT2D eigenvalue weighted by Crippen LogP contribution is -2.49. The molecule has 0 fully saturated rings. The van der Waals surface area contributed by atoms with Crippen LogP contribution in [0.2, 0.25) is 16.6 Å². The topological polar surface area (TPSA) is 9.23 Å². The predicted octanol–water partition coefficient (Wildman–Crippen LogP) is 7.70. The van der Waals surface area contributed by atoms with Gasteiger partial charge in [-0.25, -0.2) is 0 Å². The van der Waals surface area contributed by atoms with E-state index in [1.54, 1.807) is 0 Å². The zero-order valence-electron chi connectivity index (χ0n) is 18.4. The Balaban J connectivity index is 2.08. The summed E-state index contributed by atoms with van der Waals surface area (Å²) in [6.07, 6.45) is 9.43. The summed E-state index contributed by atoms with van der Waals surface area (Å²) in [5.74, 6) is 0.479. The van der Waals surface area contributed by atoms with E-state index in [0.717, 1.165) is 25.7 Å². The Kier molecular flexibility index (Phi) is 8.12. The zero-order valence-corrected chi connectivity index (χ0v) is 19.4. The number of rotatable bonds is 8. The third kappa shape index (κ3) is 5.45. The molecule has 1 aromatic rings. The molecule has 150 valence electrons. The second kappa shape index (κ2) is 9.89. The van der Waals surface area contributed by atoms with Gasteiger partial charge in [0.25, 0.3) is 0 Å². The molecule has 0 bridgehead atoms. The molecule has 1 aliphatic rings. The van der Waals surface area contributed by atoms with Crippen LogP contribution >= 0.6 is 0 Å². The van der Waals surface area contributed by atoms with Gasteiger partial charge in [0.05, 0.1) is 6.10 Å². The first-order valence-electron chi connectivity index (χ1n) is 10.8. The summed E-state index contributed by atoms with van der Waals surface area (Å²) in [7, 11) is -1.83. The van der Waals surface area contributed by atoms with Gasteiger partial charge in [0.1, 0.15) is 0 Å². The summed E-state index contributed by atoms with van der Waals surface area (Å²) in [5.41, 5.74) is 4.68. The molecule has 1 nitrogen and oxygen atoms in total. The highest BCUT2D eigenvalue weighted by atomic mass is 28.4. The molecule has 27 heavy (non-hydrogen) atoms. The lowest BCUT2D eigenvalue weighted by Gasteiger charge is -2.44. The molecule has 0 amide bonds. The van der Waals surface area contributed by atoms with Gasteiger partial charge in [-0.1, -0.05) is 96.2 Å². The largest absolute Gasteiger partial charge is 0.410 e. The first-order chi connectivity index (χ1) is 12.8. The highest BCUT2D eigenvalue weighted by Gasteiger charge is 2.46. The van der Waals surface area contributed by atoms with Crippen LogP contribution in [0.5, 0.6) is 0 Å².